The smallest absolute Gasteiger partial charge is 0.328 e. The molecular weight excluding hydrogens is 504 g/mol. The van der Waals surface area contributed by atoms with Gasteiger partial charge in [-0.2, -0.15) is 0 Å². The minimum atomic E-state index is -0.706. The summed E-state index contributed by atoms with van der Waals surface area (Å²) in [5.74, 6) is -0.332. The second kappa shape index (κ2) is 9.99. The molecule has 4 heterocycles. The molecule has 6 rings (SSSR count). The second-order valence-corrected chi connectivity index (χ2v) is 10.2. The number of aromatic amines is 2. The van der Waals surface area contributed by atoms with Gasteiger partial charge >= 0.3 is 5.97 Å². The number of esters is 1. The zero-order chi connectivity index (χ0) is 26.2. The van der Waals surface area contributed by atoms with Crippen LogP contribution >= 0.6 is 11.8 Å². The molecule has 2 atom stereocenters. The Morgan fingerprint density at radius 2 is 1.92 bits per heavy atom. The third-order valence-electron chi connectivity index (χ3n) is 6.97. The molecular formula is C27H26N6O4S. The van der Waals surface area contributed by atoms with E-state index in [-0.39, 0.29) is 23.4 Å². The number of nitrogens with zero attached hydrogens (tertiary/aromatic N) is 3. The Hall–Kier alpha value is -4.09. The molecule has 0 aliphatic carbocycles. The van der Waals surface area contributed by atoms with E-state index in [0.717, 1.165) is 50.4 Å². The van der Waals surface area contributed by atoms with Crippen LogP contribution in [0.3, 0.4) is 0 Å². The first-order valence-corrected chi connectivity index (χ1v) is 13.2. The number of rotatable bonds is 7. The largest absolute Gasteiger partial charge is 0.467 e. The number of ether oxygens (including phenoxy) is 1. The highest BCUT2D eigenvalue weighted by Crippen LogP contribution is 2.32. The average molecular weight is 531 g/mol. The van der Waals surface area contributed by atoms with Gasteiger partial charge in [0.15, 0.2) is 0 Å². The van der Waals surface area contributed by atoms with Crippen molar-refractivity contribution in [3.8, 4) is 0 Å². The van der Waals surface area contributed by atoms with Crippen molar-refractivity contribution in [1.82, 2.24) is 25.1 Å². The lowest BCUT2D eigenvalue weighted by molar-refractivity contribution is -0.153. The van der Waals surface area contributed by atoms with Gasteiger partial charge < -0.3 is 29.8 Å². The van der Waals surface area contributed by atoms with Gasteiger partial charge in [0.2, 0.25) is 11.8 Å². The third kappa shape index (κ3) is 4.44. The van der Waals surface area contributed by atoms with Crippen LogP contribution in [0.4, 0.5) is 0 Å². The summed E-state index contributed by atoms with van der Waals surface area (Å²) in [6, 6.07) is 14.7. The normalized spacial score (nSPS) is 16.1. The molecule has 194 valence electrons. The highest BCUT2D eigenvalue weighted by atomic mass is 32.2. The molecule has 1 amide bonds. The topological polar surface area (TPSA) is 143 Å². The number of nitrogens with two attached hydrogens (primary N) is 1. The van der Waals surface area contributed by atoms with Crippen molar-refractivity contribution in [2.45, 2.75) is 36.7 Å². The van der Waals surface area contributed by atoms with E-state index in [1.54, 1.807) is 4.90 Å². The summed E-state index contributed by atoms with van der Waals surface area (Å²) < 4.78 is 10.8. The number of fused-ring (bicyclic) bond motifs is 4. The number of amides is 1. The lowest BCUT2D eigenvalue weighted by Gasteiger charge is -2.33. The van der Waals surface area contributed by atoms with Crippen molar-refractivity contribution >= 4 is 45.4 Å². The molecule has 3 aromatic heterocycles. The van der Waals surface area contributed by atoms with Gasteiger partial charge in [-0.3, -0.25) is 4.79 Å². The van der Waals surface area contributed by atoms with Gasteiger partial charge in [0.1, 0.15) is 6.04 Å². The Balaban J connectivity index is 1.13. The Morgan fingerprint density at radius 3 is 2.74 bits per heavy atom. The van der Waals surface area contributed by atoms with Crippen LogP contribution in [0, 0.1) is 0 Å². The molecule has 10 nitrogen and oxygen atoms in total. The minimum absolute atomic E-state index is 0.0301. The van der Waals surface area contributed by atoms with Crippen LogP contribution in [0.1, 0.15) is 28.8 Å². The van der Waals surface area contributed by atoms with Crippen LogP contribution < -0.4 is 5.73 Å². The van der Waals surface area contributed by atoms with Crippen LogP contribution in [0.5, 0.6) is 0 Å². The summed E-state index contributed by atoms with van der Waals surface area (Å²) in [7, 11) is 1.34. The van der Waals surface area contributed by atoms with Crippen molar-refractivity contribution in [2.75, 3.05) is 12.9 Å². The van der Waals surface area contributed by atoms with E-state index >= 15 is 0 Å². The molecule has 0 radical (unpaired) electrons. The predicted octanol–water partition coefficient (Wildman–Crippen LogP) is 3.49. The van der Waals surface area contributed by atoms with E-state index in [4.69, 9.17) is 14.9 Å². The maximum atomic E-state index is 13.3. The van der Waals surface area contributed by atoms with Crippen molar-refractivity contribution < 1.29 is 18.7 Å². The van der Waals surface area contributed by atoms with E-state index in [1.807, 2.05) is 54.7 Å². The van der Waals surface area contributed by atoms with E-state index in [1.165, 1.54) is 7.11 Å². The number of aromatic nitrogens is 4. The molecule has 11 heteroatoms. The SMILES string of the molecule is COC(=O)[C@H]1Cc2c([nH]c3ccccc23)CN1C(=O)CSc1nnc([C@@H](N)Cc2c[nH]c3ccccc23)o1. The van der Waals surface area contributed by atoms with Crippen LogP contribution in [0.25, 0.3) is 21.8 Å². The fourth-order valence-electron chi connectivity index (χ4n) is 5.08. The first kappa shape index (κ1) is 24.3. The van der Waals surface area contributed by atoms with Crippen LogP contribution in [-0.4, -0.2) is 55.8 Å². The number of benzene rings is 2. The van der Waals surface area contributed by atoms with Gasteiger partial charge in [0.05, 0.1) is 25.4 Å². The zero-order valence-corrected chi connectivity index (χ0v) is 21.5. The summed E-state index contributed by atoms with van der Waals surface area (Å²) in [5.41, 5.74) is 11.4. The third-order valence-corrected chi connectivity index (χ3v) is 7.77. The van der Waals surface area contributed by atoms with Gasteiger partial charge in [-0.25, -0.2) is 4.79 Å². The number of para-hydroxylation sites is 2. The van der Waals surface area contributed by atoms with E-state index < -0.39 is 18.1 Å². The molecule has 2 aromatic carbocycles. The molecule has 0 spiro atoms. The number of methoxy groups -OCH3 is 1. The maximum Gasteiger partial charge on any atom is 0.328 e. The molecule has 0 fully saturated rings. The van der Waals surface area contributed by atoms with Crippen LogP contribution in [0.2, 0.25) is 0 Å². The maximum absolute atomic E-state index is 13.3. The van der Waals surface area contributed by atoms with Crippen molar-refractivity contribution in [3.05, 3.63) is 77.4 Å². The zero-order valence-electron chi connectivity index (χ0n) is 20.6. The van der Waals surface area contributed by atoms with E-state index in [9.17, 15) is 9.59 Å². The second-order valence-electron chi connectivity index (χ2n) is 9.26. The number of carbonyl (C=O) groups excluding carboxylic acids is 2. The van der Waals surface area contributed by atoms with Gasteiger partial charge in [-0.05, 0) is 29.7 Å². The number of hydrogen-bond acceptors (Lipinski definition) is 8. The molecule has 0 bridgehead atoms. The monoisotopic (exact) mass is 530 g/mol. The molecule has 5 aromatic rings. The number of nitrogens with one attached hydrogen (secondary N) is 2. The highest BCUT2D eigenvalue weighted by Gasteiger charge is 2.37. The van der Waals surface area contributed by atoms with Crippen LogP contribution in [0.15, 0.2) is 64.4 Å². The molecule has 0 saturated carbocycles. The number of carbonyl (C=O) groups is 2. The Bertz CT molecular complexity index is 1640. The van der Waals surface area contributed by atoms with Crippen LogP contribution in [-0.2, 0) is 33.7 Å². The summed E-state index contributed by atoms with van der Waals surface area (Å²) in [4.78, 5) is 34.1. The summed E-state index contributed by atoms with van der Waals surface area (Å²) in [6.07, 6.45) is 2.84. The van der Waals surface area contributed by atoms with Gasteiger partial charge in [0.25, 0.3) is 5.22 Å². The molecule has 1 aliphatic rings. The first-order valence-electron chi connectivity index (χ1n) is 12.2. The van der Waals surface area contributed by atoms with Gasteiger partial charge in [-0.15, -0.1) is 10.2 Å². The Morgan fingerprint density at radius 1 is 1.16 bits per heavy atom. The van der Waals surface area contributed by atoms with Gasteiger partial charge in [0, 0.05) is 40.1 Å². The molecule has 4 N–H and O–H groups in total. The summed E-state index contributed by atoms with van der Waals surface area (Å²) in [6.45, 7) is 0.285. The fraction of sp³-hybridized carbons (Fsp3) is 0.259. The van der Waals surface area contributed by atoms with E-state index in [0.29, 0.717) is 18.7 Å². The molecule has 1 aliphatic heterocycles. The number of thioether (sulfide) groups is 1. The number of H-pyrrole nitrogens is 2. The molecule has 38 heavy (non-hydrogen) atoms. The highest BCUT2D eigenvalue weighted by molar-refractivity contribution is 7.99. The predicted molar refractivity (Wildman–Crippen MR) is 142 cm³/mol. The van der Waals surface area contributed by atoms with Gasteiger partial charge in [-0.1, -0.05) is 48.2 Å². The van der Waals surface area contributed by atoms with Crippen molar-refractivity contribution in [1.29, 1.82) is 0 Å². The van der Waals surface area contributed by atoms with Crippen molar-refractivity contribution in [2.24, 2.45) is 5.73 Å². The Kier molecular flexibility index (Phi) is 6.38. The quantitative estimate of drug-likeness (QED) is 0.214. The Labute approximate surface area is 221 Å². The summed E-state index contributed by atoms with van der Waals surface area (Å²) >= 11 is 1.12. The average Bonchev–Trinajstić information content (AvgIpc) is 3.67. The molecule has 0 saturated heterocycles. The lowest BCUT2D eigenvalue weighted by Crippen LogP contribution is -2.49. The standard InChI is InChI=1S/C27H26N6O4S/c1-36-26(35)23-11-18-17-7-3-5-9-21(17)30-22(18)13-33(23)24(34)14-38-27-32-31-25(37-27)19(28)10-15-12-29-20-8-4-2-6-16(15)20/h2-9,12,19,23,29-30H,10-11,13-14,28H2,1H3/t19-,23+/m0/s1. The van der Waals surface area contributed by atoms with Crippen molar-refractivity contribution in [3.63, 3.8) is 0 Å². The first-order chi connectivity index (χ1) is 18.5. The fourth-order valence-corrected chi connectivity index (χ4v) is 5.73. The lowest BCUT2D eigenvalue weighted by atomic mass is 9.96. The minimum Gasteiger partial charge on any atom is -0.467 e. The number of hydrogen-bond donors (Lipinski definition) is 3. The van der Waals surface area contributed by atoms with E-state index in [2.05, 4.69) is 20.2 Å². The summed E-state index contributed by atoms with van der Waals surface area (Å²) in [5, 5.41) is 10.6. The molecule has 0 unspecified atom stereocenters.